The van der Waals surface area contributed by atoms with Gasteiger partial charge in [-0.05, 0) is 47.5 Å². The summed E-state index contributed by atoms with van der Waals surface area (Å²) >= 11 is 3.27. The maximum atomic E-state index is 11.3. The molecule has 1 aromatic heterocycles. The molecule has 1 aromatic rings. The zero-order valence-corrected chi connectivity index (χ0v) is 10.9. The SMILES string of the molecule is CC1CCC(Nc2cn[nH]c(=O)c2Br)CC1. The number of nitrogens with zero attached hydrogens (tertiary/aromatic N) is 1. The summed E-state index contributed by atoms with van der Waals surface area (Å²) in [4.78, 5) is 11.3. The van der Waals surface area contributed by atoms with Gasteiger partial charge in [-0.25, -0.2) is 5.10 Å². The first-order valence-electron chi connectivity index (χ1n) is 5.66. The van der Waals surface area contributed by atoms with Crippen molar-refractivity contribution in [3.05, 3.63) is 21.0 Å². The van der Waals surface area contributed by atoms with Crippen LogP contribution < -0.4 is 10.9 Å². The molecule has 1 heterocycles. The summed E-state index contributed by atoms with van der Waals surface area (Å²) in [5.41, 5.74) is 0.609. The number of hydrogen-bond acceptors (Lipinski definition) is 3. The summed E-state index contributed by atoms with van der Waals surface area (Å²) < 4.78 is 0.543. The highest BCUT2D eigenvalue weighted by atomic mass is 79.9. The van der Waals surface area contributed by atoms with Crippen molar-refractivity contribution in [1.29, 1.82) is 0 Å². The summed E-state index contributed by atoms with van der Waals surface area (Å²) in [6.07, 6.45) is 6.50. The van der Waals surface area contributed by atoms with E-state index in [2.05, 4.69) is 38.4 Å². The Balaban J connectivity index is 2.04. The lowest BCUT2D eigenvalue weighted by atomic mass is 9.87. The van der Waals surface area contributed by atoms with E-state index in [-0.39, 0.29) is 5.56 Å². The molecule has 0 atom stereocenters. The minimum atomic E-state index is -0.186. The average Bonchev–Trinajstić information content (AvgIpc) is 2.28. The molecule has 88 valence electrons. The molecule has 0 unspecified atom stereocenters. The Kier molecular flexibility index (Phi) is 3.63. The lowest BCUT2D eigenvalue weighted by molar-refractivity contribution is 0.361. The molecule has 0 spiro atoms. The first-order valence-corrected chi connectivity index (χ1v) is 6.46. The molecule has 0 bridgehead atoms. The van der Waals surface area contributed by atoms with Crippen LogP contribution in [0.15, 0.2) is 15.5 Å². The topological polar surface area (TPSA) is 57.8 Å². The van der Waals surface area contributed by atoms with Crippen molar-refractivity contribution >= 4 is 21.6 Å². The van der Waals surface area contributed by atoms with Gasteiger partial charge in [0.15, 0.2) is 0 Å². The molecule has 4 nitrogen and oxygen atoms in total. The Morgan fingerprint density at radius 3 is 2.81 bits per heavy atom. The second kappa shape index (κ2) is 4.99. The fourth-order valence-corrected chi connectivity index (χ4v) is 2.41. The summed E-state index contributed by atoms with van der Waals surface area (Å²) in [6.45, 7) is 2.29. The number of H-pyrrole nitrogens is 1. The first kappa shape index (κ1) is 11.6. The third-order valence-corrected chi connectivity index (χ3v) is 3.96. The van der Waals surface area contributed by atoms with E-state index >= 15 is 0 Å². The van der Waals surface area contributed by atoms with Crippen LogP contribution in [0.1, 0.15) is 32.6 Å². The number of aromatic nitrogens is 2. The Labute approximate surface area is 103 Å². The van der Waals surface area contributed by atoms with Gasteiger partial charge in [0.2, 0.25) is 0 Å². The molecule has 0 radical (unpaired) electrons. The maximum absolute atomic E-state index is 11.3. The van der Waals surface area contributed by atoms with E-state index in [0.717, 1.165) is 11.6 Å². The zero-order valence-electron chi connectivity index (χ0n) is 9.29. The predicted molar refractivity (Wildman–Crippen MR) is 67.6 cm³/mol. The molecule has 2 rings (SSSR count). The van der Waals surface area contributed by atoms with E-state index in [1.807, 2.05) is 0 Å². The highest BCUT2D eigenvalue weighted by molar-refractivity contribution is 9.10. The molecule has 0 aromatic carbocycles. The van der Waals surface area contributed by atoms with Gasteiger partial charge < -0.3 is 5.32 Å². The Bertz CT molecular complexity index is 410. The van der Waals surface area contributed by atoms with E-state index in [1.165, 1.54) is 25.7 Å². The Morgan fingerprint density at radius 2 is 2.12 bits per heavy atom. The molecular formula is C11H16BrN3O. The van der Waals surface area contributed by atoms with Crippen LogP contribution in [-0.4, -0.2) is 16.2 Å². The van der Waals surface area contributed by atoms with Crippen molar-refractivity contribution in [3.63, 3.8) is 0 Å². The fraction of sp³-hybridized carbons (Fsp3) is 0.636. The predicted octanol–water partition coefficient (Wildman–Crippen LogP) is 2.52. The molecule has 1 fully saturated rings. The van der Waals surface area contributed by atoms with Crippen LogP contribution in [0, 0.1) is 5.92 Å². The van der Waals surface area contributed by atoms with Crippen molar-refractivity contribution < 1.29 is 0 Å². The Morgan fingerprint density at radius 1 is 1.44 bits per heavy atom. The van der Waals surface area contributed by atoms with E-state index in [1.54, 1.807) is 6.20 Å². The molecule has 1 aliphatic rings. The van der Waals surface area contributed by atoms with Crippen LogP contribution in [-0.2, 0) is 0 Å². The van der Waals surface area contributed by atoms with Crippen LogP contribution >= 0.6 is 15.9 Å². The number of hydrogen-bond donors (Lipinski definition) is 2. The summed E-state index contributed by atoms with van der Waals surface area (Å²) in [6, 6.07) is 0.469. The number of nitrogens with one attached hydrogen (secondary N) is 2. The summed E-state index contributed by atoms with van der Waals surface area (Å²) in [5.74, 6) is 0.832. The maximum Gasteiger partial charge on any atom is 0.280 e. The van der Waals surface area contributed by atoms with Gasteiger partial charge in [-0.3, -0.25) is 4.79 Å². The van der Waals surface area contributed by atoms with Crippen LogP contribution in [0.25, 0.3) is 0 Å². The molecule has 0 saturated heterocycles. The van der Waals surface area contributed by atoms with Crippen molar-refractivity contribution in [3.8, 4) is 0 Å². The van der Waals surface area contributed by atoms with Gasteiger partial charge >= 0.3 is 0 Å². The van der Waals surface area contributed by atoms with E-state index < -0.39 is 0 Å². The molecule has 16 heavy (non-hydrogen) atoms. The highest BCUT2D eigenvalue weighted by Gasteiger charge is 2.19. The number of anilines is 1. The standard InChI is InChI=1S/C11H16BrN3O/c1-7-2-4-8(5-3-7)14-9-6-13-15-11(16)10(9)12/h6-8H,2-5H2,1H3,(H2,14,15,16). The third kappa shape index (κ3) is 2.64. The fourth-order valence-electron chi connectivity index (χ4n) is 2.11. The molecular weight excluding hydrogens is 270 g/mol. The zero-order chi connectivity index (χ0) is 11.5. The second-order valence-electron chi connectivity index (χ2n) is 4.53. The molecule has 2 N–H and O–H groups in total. The van der Waals surface area contributed by atoms with Gasteiger partial charge in [0.25, 0.3) is 5.56 Å². The van der Waals surface area contributed by atoms with Crippen LogP contribution in [0.2, 0.25) is 0 Å². The molecule has 5 heteroatoms. The Hall–Kier alpha value is -0.840. The lowest BCUT2D eigenvalue weighted by Gasteiger charge is -2.27. The number of aromatic amines is 1. The molecule has 0 amide bonds. The van der Waals surface area contributed by atoms with Crippen LogP contribution in [0.5, 0.6) is 0 Å². The largest absolute Gasteiger partial charge is 0.380 e. The number of rotatable bonds is 2. The normalized spacial score (nSPS) is 25.4. The second-order valence-corrected chi connectivity index (χ2v) is 5.32. The van der Waals surface area contributed by atoms with Crippen molar-refractivity contribution in [1.82, 2.24) is 10.2 Å². The van der Waals surface area contributed by atoms with Crippen molar-refractivity contribution in [2.75, 3.05) is 5.32 Å². The molecule has 1 saturated carbocycles. The van der Waals surface area contributed by atoms with Crippen molar-refractivity contribution in [2.45, 2.75) is 38.6 Å². The lowest BCUT2D eigenvalue weighted by Crippen LogP contribution is -2.26. The van der Waals surface area contributed by atoms with Gasteiger partial charge in [0.05, 0.1) is 11.9 Å². The first-order chi connectivity index (χ1) is 7.66. The smallest absolute Gasteiger partial charge is 0.280 e. The van der Waals surface area contributed by atoms with Crippen LogP contribution in [0.3, 0.4) is 0 Å². The van der Waals surface area contributed by atoms with Gasteiger partial charge in [0, 0.05) is 6.04 Å². The quantitative estimate of drug-likeness (QED) is 0.878. The van der Waals surface area contributed by atoms with Crippen LogP contribution in [0.4, 0.5) is 5.69 Å². The third-order valence-electron chi connectivity index (χ3n) is 3.17. The monoisotopic (exact) mass is 285 g/mol. The molecule has 1 aliphatic carbocycles. The highest BCUT2D eigenvalue weighted by Crippen LogP contribution is 2.27. The summed E-state index contributed by atoms with van der Waals surface area (Å²) in [5, 5.41) is 9.57. The van der Waals surface area contributed by atoms with Gasteiger partial charge in [-0.1, -0.05) is 6.92 Å². The molecule has 0 aliphatic heterocycles. The average molecular weight is 286 g/mol. The van der Waals surface area contributed by atoms with Gasteiger partial charge in [0.1, 0.15) is 4.47 Å². The van der Waals surface area contributed by atoms with E-state index in [4.69, 9.17) is 0 Å². The summed E-state index contributed by atoms with van der Waals surface area (Å²) in [7, 11) is 0. The van der Waals surface area contributed by atoms with E-state index in [9.17, 15) is 4.79 Å². The van der Waals surface area contributed by atoms with Gasteiger partial charge in [-0.2, -0.15) is 5.10 Å². The number of halogens is 1. The van der Waals surface area contributed by atoms with Crippen molar-refractivity contribution in [2.24, 2.45) is 5.92 Å². The van der Waals surface area contributed by atoms with E-state index in [0.29, 0.717) is 10.5 Å². The van der Waals surface area contributed by atoms with Gasteiger partial charge in [-0.15, -0.1) is 0 Å². The minimum Gasteiger partial charge on any atom is -0.380 e. The minimum absolute atomic E-state index is 0.186.